The van der Waals surface area contributed by atoms with Crippen molar-refractivity contribution in [1.29, 1.82) is 0 Å². The molecule has 0 radical (unpaired) electrons. The molecule has 4 rings (SSSR count). The van der Waals surface area contributed by atoms with E-state index in [4.69, 9.17) is 9.47 Å². The van der Waals surface area contributed by atoms with Crippen molar-refractivity contribution in [1.82, 2.24) is 4.90 Å². The molecule has 140 valence electrons. The minimum Gasteiger partial charge on any atom is -0.480 e. The van der Waals surface area contributed by atoms with Gasteiger partial charge in [0.25, 0.3) is 0 Å². The molecule has 2 atom stereocenters. The van der Waals surface area contributed by atoms with E-state index in [0.29, 0.717) is 0 Å². The number of nitrogens with zero attached hydrogens (tertiary/aromatic N) is 1. The van der Waals surface area contributed by atoms with E-state index in [1.807, 2.05) is 43.3 Å². The smallest absolute Gasteiger partial charge is 0.410 e. The lowest BCUT2D eigenvalue weighted by molar-refractivity contribution is -0.151. The first-order chi connectivity index (χ1) is 13.1. The Hall–Kier alpha value is -2.86. The Morgan fingerprint density at radius 2 is 1.70 bits per heavy atom. The molecule has 1 N–H and O–H groups in total. The first-order valence-corrected chi connectivity index (χ1v) is 9.02. The Morgan fingerprint density at radius 1 is 1.11 bits per heavy atom. The van der Waals surface area contributed by atoms with Crippen LogP contribution >= 0.6 is 0 Å². The number of benzene rings is 2. The number of ether oxygens (including phenoxy) is 2. The molecule has 6 heteroatoms. The molecule has 1 amide bonds. The van der Waals surface area contributed by atoms with Crippen LogP contribution < -0.4 is 0 Å². The van der Waals surface area contributed by atoms with E-state index >= 15 is 0 Å². The van der Waals surface area contributed by atoms with E-state index in [1.54, 1.807) is 0 Å². The second kappa shape index (κ2) is 7.04. The number of carboxylic acids is 1. The van der Waals surface area contributed by atoms with E-state index < -0.39 is 18.1 Å². The van der Waals surface area contributed by atoms with Gasteiger partial charge in [0.05, 0.1) is 19.3 Å². The van der Waals surface area contributed by atoms with Gasteiger partial charge in [-0.3, -0.25) is 4.90 Å². The number of aliphatic carboxylic acids is 1. The normalized spacial score (nSPS) is 21.4. The highest BCUT2D eigenvalue weighted by Crippen LogP contribution is 2.44. The van der Waals surface area contributed by atoms with Crippen LogP contribution in [0, 0.1) is 0 Å². The fourth-order valence-corrected chi connectivity index (χ4v) is 3.89. The van der Waals surface area contributed by atoms with Crippen LogP contribution in [0.25, 0.3) is 11.1 Å². The van der Waals surface area contributed by atoms with E-state index in [0.717, 1.165) is 22.3 Å². The van der Waals surface area contributed by atoms with E-state index in [2.05, 4.69) is 12.1 Å². The molecule has 1 fully saturated rings. The van der Waals surface area contributed by atoms with Crippen LogP contribution in [0.2, 0.25) is 0 Å². The second-order valence-corrected chi connectivity index (χ2v) is 6.95. The summed E-state index contributed by atoms with van der Waals surface area (Å²) in [5.74, 6) is -1.14. The molecule has 6 nitrogen and oxygen atoms in total. The average Bonchev–Trinajstić information content (AvgIpc) is 3.00. The molecule has 1 aliphatic carbocycles. The maximum absolute atomic E-state index is 12.6. The number of fused-ring (bicyclic) bond motifs is 3. The van der Waals surface area contributed by atoms with E-state index in [1.165, 1.54) is 4.90 Å². The monoisotopic (exact) mass is 367 g/mol. The van der Waals surface area contributed by atoms with Crippen LogP contribution in [0.1, 0.15) is 24.0 Å². The molecule has 1 saturated heterocycles. The number of morpholine rings is 1. The van der Waals surface area contributed by atoms with Crippen LogP contribution in [0.5, 0.6) is 0 Å². The van der Waals surface area contributed by atoms with Crippen molar-refractivity contribution in [2.75, 3.05) is 19.8 Å². The van der Waals surface area contributed by atoms with Gasteiger partial charge in [-0.05, 0) is 29.2 Å². The lowest BCUT2D eigenvalue weighted by Crippen LogP contribution is -2.55. The van der Waals surface area contributed by atoms with Gasteiger partial charge in [-0.2, -0.15) is 0 Å². The van der Waals surface area contributed by atoms with Gasteiger partial charge in [0.2, 0.25) is 0 Å². The van der Waals surface area contributed by atoms with Crippen molar-refractivity contribution in [3.63, 3.8) is 0 Å². The predicted molar refractivity (Wildman–Crippen MR) is 98.6 cm³/mol. The molecule has 1 heterocycles. The fourth-order valence-electron chi connectivity index (χ4n) is 3.89. The second-order valence-electron chi connectivity index (χ2n) is 6.95. The summed E-state index contributed by atoms with van der Waals surface area (Å²) in [6, 6.07) is 15.2. The summed E-state index contributed by atoms with van der Waals surface area (Å²) >= 11 is 0. The molecule has 1 aliphatic heterocycles. The molecular weight excluding hydrogens is 346 g/mol. The van der Waals surface area contributed by atoms with Crippen LogP contribution in [0.3, 0.4) is 0 Å². The average molecular weight is 367 g/mol. The van der Waals surface area contributed by atoms with Crippen molar-refractivity contribution >= 4 is 12.1 Å². The Morgan fingerprint density at radius 3 is 2.30 bits per heavy atom. The van der Waals surface area contributed by atoms with Gasteiger partial charge in [0.15, 0.2) is 6.04 Å². The number of hydrogen-bond acceptors (Lipinski definition) is 4. The molecule has 0 aromatic heterocycles. The molecule has 0 bridgehead atoms. The van der Waals surface area contributed by atoms with E-state index in [-0.39, 0.29) is 31.8 Å². The minimum atomic E-state index is -1.09. The highest BCUT2D eigenvalue weighted by Gasteiger charge is 2.37. The summed E-state index contributed by atoms with van der Waals surface area (Å²) in [7, 11) is 0. The summed E-state index contributed by atoms with van der Waals surface area (Å²) in [6.45, 7) is 2.15. The molecular formula is C21H21NO5. The standard InChI is InChI=1S/C21H21NO5/c1-13-10-22(19(12-26-13)20(23)24)21(25)27-11-18-16-8-4-2-6-14(16)15-7-3-5-9-17(15)18/h2-9,13,18-19H,10-12H2,1H3,(H,23,24)/t13-,19+/m0/s1. The van der Waals surface area contributed by atoms with Crippen LogP contribution in [0.4, 0.5) is 4.79 Å². The lowest BCUT2D eigenvalue weighted by Gasteiger charge is -2.35. The third-order valence-electron chi connectivity index (χ3n) is 5.22. The van der Waals surface area contributed by atoms with Gasteiger partial charge in [-0.15, -0.1) is 0 Å². The highest BCUT2D eigenvalue weighted by atomic mass is 16.6. The molecule has 27 heavy (non-hydrogen) atoms. The number of carbonyl (C=O) groups is 2. The topological polar surface area (TPSA) is 76.1 Å². The summed E-state index contributed by atoms with van der Waals surface area (Å²) in [5.41, 5.74) is 4.54. The van der Waals surface area contributed by atoms with E-state index in [9.17, 15) is 14.7 Å². The largest absolute Gasteiger partial charge is 0.480 e. The van der Waals surface area contributed by atoms with Crippen LogP contribution in [-0.2, 0) is 14.3 Å². The maximum Gasteiger partial charge on any atom is 0.410 e. The number of amides is 1. The minimum absolute atomic E-state index is 0.0271. The van der Waals surface area contributed by atoms with Crippen molar-refractivity contribution in [2.45, 2.75) is 25.0 Å². The van der Waals surface area contributed by atoms with Gasteiger partial charge in [0, 0.05) is 5.92 Å². The summed E-state index contributed by atoms with van der Waals surface area (Å²) in [5, 5.41) is 9.35. The summed E-state index contributed by atoms with van der Waals surface area (Å²) in [6.07, 6.45) is -0.833. The van der Waals surface area contributed by atoms with Crippen molar-refractivity contribution in [3.05, 3.63) is 59.7 Å². The lowest BCUT2D eigenvalue weighted by atomic mass is 9.98. The SMILES string of the molecule is C[C@H]1CN(C(=O)OCC2c3ccccc3-c3ccccc32)[C@@H](C(=O)O)CO1. The maximum atomic E-state index is 12.6. The zero-order chi connectivity index (χ0) is 19.0. The van der Waals surface area contributed by atoms with Gasteiger partial charge in [0.1, 0.15) is 6.61 Å². The summed E-state index contributed by atoms with van der Waals surface area (Å²) < 4.78 is 10.9. The zero-order valence-electron chi connectivity index (χ0n) is 15.0. The molecule has 0 saturated carbocycles. The first kappa shape index (κ1) is 17.5. The van der Waals surface area contributed by atoms with Crippen molar-refractivity contribution < 1.29 is 24.2 Å². The molecule has 0 spiro atoms. The zero-order valence-corrected chi connectivity index (χ0v) is 15.0. The van der Waals surface area contributed by atoms with Crippen LogP contribution in [-0.4, -0.2) is 54.0 Å². The molecule has 2 aliphatic rings. The Bertz CT molecular complexity index is 835. The van der Waals surface area contributed by atoms with Crippen molar-refractivity contribution in [3.8, 4) is 11.1 Å². The van der Waals surface area contributed by atoms with Crippen molar-refractivity contribution in [2.24, 2.45) is 0 Å². The van der Waals surface area contributed by atoms with Gasteiger partial charge < -0.3 is 14.6 Å². The van der Waals surface area contributed by atoms with Gasteiger partial charge >= 0.3 is 12.1 Å². The quantitative estimate of drug-likeness (QED) is 0.902. The van der Waals surface area contributed by atoms with Crippen LogP contribution in [0.15, 0.2) is 48.5 Å². The fraction of sp³-hybridized carbons (Fsp3) is 0.333. The number of rotatable bonds is 3. The Kier molecular flexibility index (Phi) is 4.58. The highest BCUT2D eigenvalue weighted by molar-refractivity contribution is 5.81. The molecule has 0 unspecified atom stereocenters. The predicted octanol–water partition coefficient (Wildman–Crippen LogP) is 3.11. The first-order valence-electron chi connectivity index (χ1n) is 9.02. The third kappa shape index (κ3) is 3.17. The van der Waals surface area contributed by atoms with Gasteiger partial charge in [-0.1, -0.05) is 48.5 Å². The molecule has 2 aromatic rings. The van der Waals surface area contributed by atoms with Gasteiger partial charge in [-0.25, -0.2) is 9.59 Å². The third-order valence-corrected chi connectivity index (χ3v) is 5.22. The Labute approximate surface area is 157 Å². The molecule has 2 aromatic carbocycles. The summed E-state index contributed by atoms with van der Waals surface area (Å²) in [4.78, 5) is 25.3. The number of carboxylic acid groups (broad SMARTS) is 1. The Balaban J connectivity index is 1.53. The number of hydrogen-bond donors (Lipinski definition) is 1. The number of carbonyl (C=O) groups excluding carboxylic acids is 1.